The molecule has 0 fully saturated rings. The normalized spacial score (nSPS) is 10.9. The van der Waals surface area contributed by atoms with Gasteiger partial charge in [-0.15, -0.1) is 11.3 Å². The number of amides is 1. The van der Waals surface area contributed by atoms with Crippen molar-refractivity contribution in [3.63, 3.8) is 0 Å². The van der Waals surface area contributed by atoms with E-state index >= 15 is 0 Å². The van der Waals surface area contributed by atoms with E-state index < -0.39 is 5.91 Å². The third-order valence-electron chi connectivity index (χ3n) is 4.30. The summed E-state index contributed by atoms with van der Waals surface area (Å²) >= 11 is 1.32. The molecule has 0 unspecified atom stereocenters. The minimum Gasteiger partial charge on any atom is -0.289 e. The summed E-state index contributed by atoms with van der Waals surface area (Å²) in [7, 11) is 0. The fourth-order valence-corrected chi connectivity index (χ4v) is 3.79. The van der Waals surface area contributed by atoms with Crippen molar-refractivity contribution in [1.29, 1.82) is 0 Å². The van der Waals surface area contributed by atoms with Crippen molar-refractivity contribution in [2.75, 3.05) is 0 Å². The van der Waals surface area contributed by atoms with E-state index in [0.29, 0.717) is 21.3 Å². The Balaban J connectivity index is 1.51. The first-order valence-corrected chi connectivity index (χ1v) is 9.67. The van der Waals surface area contributed by atoms with Crippen LogP contribution < -0.4 is 11.0 Å². The van der Waals surface area contributed by atoms with Crippen LogP contribution in [0.4, 0.5) is 4.39 Å². The summed E-state index contributed by atoms with van der Waals surface area (Å²) in [5, 5.41) is 2.21. The number of benzene rings is 2. The van der Waals surface area contributed by atoms with Crippen LogP contribution >= 0.6 is 11.3 Å². The van der Waals surface area contributed by atoms with Crippen molar-refractivity contribution in [2.45, 2.75) is 13.2 Å². The van der Waals surface area contributed by atoms with Crippen molar-refractivity contribution in [3.8, 4) is 11.1 Å². The SMILES string of the molecule is O=C(Cn1cnc2scc(-c3ccc(F)cc3)c2c1=O)NOCc1ccccc1. The van der Waals surface area contributed by atoms with Gasteiger partial charge in [0.25, 0.3) is 11.5 Å². The lowest BCUT2D eigenvalue weighted by Gasteiger charge is -2.08. The standard InChI is InChI=1S/C21H16FN3O3S/c22-16-8-6-15(7-9-16)17-12-29-20-19(17)21(27)25(13-23-20)10-18(26)24-28-11-14-4-2-1-3-5-14/h1-9,12-13H,10-11H2,(H,24,26). The second-order valence-corrected chi connectivity index (χ2v) is 7.17. The third-order valence-corrected chi connectivity index (χ3v) is 5.18. The molecule has 4 rings (SSSR count). The molecule has 0 aliphatic rings. The largest absolute Gasteiger partial charge is 0.289 e. The highest BCUT2D eigenvalue weighted by molar-refractivity contribution is 7.17. The van der Waals surface area contributed by atoms with Crippen LogP contribution in [0.15, 0.2) is 71.1 Å². The van der Waals surface area contributed by atoms with Crippen LogP contribution in [-0.4, -0.2) is 15.5 Å². The van der Waals surface area contributed by atoms with Crippen LogP contribution in [0, 0.1) is 5.82 Å². The number of nitrogens with zero attached hydrogens (tertiary/aromatic N) is 2. The number of hydrogen-bond donors (Lipinski definition) is 1. The van der Waals surface area contributed by atoms with E-state index in [1.165, 1.54) is 34.4 Å². The number of carbonyl (C=O) groups excluding carboxylic acids is 1. The molecule has 4 aromatic rings. The second-order valence-electron chi connectivity index (χ2n) is 6.31. The van der Waals surface area contributed by atoms with Crippen molar-refractivity contribution in [3.05, 3.63) is 88.0 Å². The number of fused-ring (bicyclic) bond motifs is 1. The maximum Gasteiger partial charge on any atom is 0.263 e. The zero-order valence-electron chi connectivity index (χ0n) is 15.2. The van der Waals surface area contributed by atoms with Crippen LogP contribution in [0.1, 0.15) is 5.56 Å². The predicted molar refractivity (Wildman–Crippen MR) is 109 cm³/mol. The Bertz CT molecular complexity index is 1200. The molecule has 0 aliphatic heterocycles. The van der Waals surface area contributed by atoms with Crippen molar-refractivity contribution in [1.82, 2.24) is 15.0 Å². The average molecular weight is 409 g/mol. The van der Waals surface area contributed by atoms with Gasteiger partial charge in [-0.2, -0.15) is 0 Å². The molecule has 1 amide bonds. The van der Waals surface area contributed by atoms with Gasteiger partial charge in [-0.1, -0.05) is 42.5 Å². The van der Waals surface area contributed by atoms with E-state index in [1.54, 1.807) is 17.5 Å². The number of carbonyl (C=O) groups is 1. The first-order chi connectivity index (χ1) is 14.1. The molecule has 2 aromatic carbocycles. The molecule has 0 saturated carbocycles. The number of hydrogen-bond acceptors (Lipinski definition) is 5. The summed E-state index contributed by atoms with van der Waals surface area (Å²) in [6.45, 7) is -0.00667. The Morgan fingerprint density at radius 3 is 2.66 bits per heavy atom. The lowest BCUT2D eigenvalue weighted by Crippen LogP contribution is -2.32. The van der Waals surface area contributed by atoms with Crippen molar-refractivity contribution < 1.29 is 14.0 Å². The number of rotatable bonds is 6. The topological polar surface area (TPSA) is 73.2 Å². The minimum atomic E-state index is -0.470. The smallest absolute Gasteiger partial charge is 0.263 e. The monoisotopic (exact) mass is 409 g/mol. The Morgan fingerprint density at radius 1 is 1.14 bits per heavy atom. The molecule has 8 heteroatoms. The highest BCUT2D eigenvalue weighted by Gasteiger charge is 2.15. The highest BCUT2D eigenvalue weighted by atomic mass is 32.1. The van der Waals surface area contributed by atoms with E-state index in [2.05, 4.69) is 10.5 Å². The highest BCUT2D eigenvalue weighted by Crippen LogP contribution is 2.30. The molecule has 0 saturated heterocycles. The van der Waals surface area contributed by atoms with E-state index in [0.717, 1.165) is 5.56 Å². The average Bonchev–Trinajstić information content (AvgIpc) is 3.16. The first-order valence-electron chi connectivity index (χ1n) is 8.79. The van der Waals surface area contributed by atoms with Crippen LogP contribution in [0.5, 0.6) is 0 Å². The fourth-order valence-electron chi connectivity index (χ4n) is 2.88. The molecule has 0 spiro atoms. The fraction of sp³-hybridized carbons (Fsp3) is 0.0952. The van der Waals surface area contributed by atoms with Crippen LogP contribution in [-0.2, 0) is 22.8 Å². The Kier molecular flexibility index (Phi) is 5.46. The molecule has 2 aromatic heterocycles. The molecule has 29 heavy (non-hydrogen) atoms. The molecule has 6 nitrogen and oxygen atoms in total. The number of hydroxylamine groups is 1. The van der Waals surface area contributed by atoms with Gasteiger partial charge in [0.05, 0.1) is 18.3 Å². The van der Waals surface area contributed by atoms with Gasteiger partial charge in [-0.05, 0) is 23.3 Å². The Labute approximate surface area is 169 Å². The number of nitrogens with one attached hydrogen (secondary N) is 1. The lowest BCUT2D eigenvalue weighted by atomic mass is 10.1. The van der Waals surface area contributed by atoms with Gasteiger partial charge in [-0.25, -0.2) is 14.9 Å². The van der Waals surface area contributed by atoms with E-state index in [9.17, 15) is 14.0 Å². The number of halogens is 1. The van der Waals surface area contributed by atoms with Gasteiger partial charge >= 0.3 is 0 Å². The third kappa shape index (κ3) is 4.23. The Morgan fingerprint density at radius 2 is 1.90 bits per heavy atom. The molecule has 146 valence electrons. The van der Waals surface area contributed by atoms with Crippen molar-refractivity contribution in [2.24, 2.45) is 0 Å². The molecule has 0 aliphatic carbocycles. The summed E-state index contributed by atoms with van der Waals surface area (Å²) in [6.07, 6.45) is 1.34. The molecule has 0 radical (unpaired) electrons. The molecule has 0 atom stereocenters. The van der Waals surface area contributed by atoms with Crippen LogP contribution in [0.2, 0.25) is 0 Å². The molecule has 0 bridgehead atoms. The molecule has 1 N–H and O–H groups in total. The van der Waals surface area contributed by atoms with E-state index in [4.69, 9.17) is 4.84 Å². The maximum atomic E-state index is 13.2. The summed E-state index contributed by atoms with van der Waals surface area (Å²) in [5.41, 5.74) is 4.29. The zero-order valence-corrected chi connectivity index (χ0v) is 16.0. The van der Waals surface area contributed by atoms with Gasteiger partial charge in [0.2, 0.25) is 0 Å². The molecular weight excluding hydrogens is 393 g/mol. The van der Waals surface area contributed by atoms with Gasteiger partial charge in [0.1, 0.15) is 17.2 Å². The number of thiophene rings is 1. The van der Waals surface area contributed by atoms with E-state index in [-0.39, 0.29) is 24.5 Å². The summed E-state index contributed by atoms with van der Waals surface area (Å²) < 4.78 is 14.4. The summed E-state index contributed by atoms with van der Waals surface area (Å²) in [6, 6.07) is 15.3. The second kappa shape index (κ2) is 8.34. The molecule has 2 heterocycles. The summed E-state index contributed by atoms with van der Waals surface area (Å²) in [5.74, 6) is -0.821. The number of aromatic nitrogens is 2. The quantitative estimate of drug-likeness (QED) is 0.495. The van der Waals surface area contributed by atoms with Crippen LogP contribution in [0.3, 0.4) is 0 Å². The van der Waals surface area contributed by atoms with Gasteiger partial charge in [-0.3, -0.25) is 19.0 Å². The lowest BCUT2D eigenvalue weighted by molar-refractivity contribution is -0.135. The predicted octanol–water partition coefficient (Wildman–Crippen LogP) is 3.51. The molecular formula is C21H16FN3O3S. The van der Waals surface area contributed by atoms with Gasteiger partial charge in [0, 0.05) is 10.9 Å². The Hall–Kier alpha value is -3.36. The minimum absolute atomic E-state index is 0.220. The zero-order chi connectivity index (χ0) is 20.2. The first kappa shape index (κ1) is 19.0. The van der Waals surface area contributed by atoms with Gasteiger partial charge in [0.15, 0.2) is 0 Å². The van der Waals surface area contributed by atoms with Crippen molar-refractivity contribution >= 4 is 27.5 Å². The summed E-state index contributed by atoms with van der Waals surface area (Å²) in [4.78, 5) is 35.1. The van der Waals surface area contributed by atoms with E-state index in [1.807, 2.05) is 30.3 Å². The maximum absolute atomic E-state index is 13.2. The van der Waals surface area contributed by atoms with Crippen LogP contribution in [0.25, 0.3) is 21.3 Å². The van der Waals surface area contributed by atoms with Gasteiger partial charge < -0.3 is 0 Å².